The minimum absolute atomic E-state index is 0.0301. The fourth-order valence-electron chi connectivity index (χ4n) is 2.10. The van der Waals surface area contributed by atoms with Gasteiger partial charge in [-0.1, -0.05) is 64.1 Å². The SMILES string of the molecule is CCC(CNC(=O)SC(C)(C)C)CN(C)ONc1ccccc1C.CCO. The van der Waals surface area contributed by atoms with Crippen molar-refractivity contribution in [1.82, 2.24) is 10.4 Å². The van der Waals surface area contributed by atoms with Crippen molar-refractivity contribution in [2.45, 2.75) is 52.7 Å². The average molecular weight is 400 g/mol. The number of aliphatic hydroxyl groups is 1. The quantitative estimate of drug-likeness (QED) is 0.561. The van der Waals surface area contributed by atoms with Crippen molar-refractivity contribution in [1.29, 1.82) is 0 Å². The first-order valence-corrected chi connectivity index (χ1v) is 10.2. The van der Waals surface area contributed by atoms with E-state index in [0.29, 0.717) is 12.5 Å². The van der Waals surface area contributed by atoms with Crippen LogP contribution in [0.15, 0.2) is 24.3 Å². The smallest absolute Gasteiger partial charge is 0.279 e. The maximum atomic E-state index is 11.9. The predicted octanol–water partition coefficient (Wildman–Crippen LogP) is 4.45. The molecule has 0 spiro atoms. The Morgan fingerprint density at radius 3 is 2.41 bits per heavy atom. The Balaban J connectivity index is 0.00000210. The first kappa shape index (κ1) is 25.7. The van der Waals surface area contributed by atoms with Crippen molar-refractivity contribution in [2.75, 3.05) is 32.2 Å². The number of thioether (sulfide) groups is 1. The number of amides is 1. The maximum absolute atomic E-state index is 11.9. The van der Waals surface area contributed by atoms with E-state index in [0.717, 1.165) is 24.2 Å². The van der Waals surface area contributed by atoms with E-state index in [-0.39, 0.29) is 16.6 Å². The van der Waals surface area contributed by atoms with E-state index >= 15 is 0 Å². The number of para-hydroxylation sites is 1. The molecule has 0 heterocycles. The van der Waals surface area contributed by atoms with Crippen LogP contribution >= 0.6 is 11.8 Å². The summed E-state index contributed by atoms with van der Waals surface area (Å²) < 4.78 is -0.0663. The number of carbonyl (C=O) groups excluding carboxylic acids is 1. The van der Waals surface area contributed by atoms with Gasteiger partial charge in [0.15, 0.2) is 0 Å². The molecule has 0 saturated carbocycles. The maximum Gasteiger partial charge on any atom is 0.279 e. The third-order valence-corrected chi connectivity index (χ3v) is 4.43. The van der Waals surface area contributed by atoms with Crippen LogP contribution in [0.2, 0.25) is 0 Å². The molecule has 0 aliphatic carbocycles. The van der Waals surface area contributed by atoms with Crippen LogP contribution in [0, 0.1) is 12.8 Å². The largest absolute Gasteiger partial charge is 0.397 e. The summed E-state index contributed by atoms with van der Waals surface area (Å²) in [6.45, 7) is 13.6. The number of aliphatic hydroxyl groups excluding tert-OH is 1. The second-order valence-electron chi connectivity index (χ2n) is 7.29. The zero-order valence-electron chi connectivity index (χ0n) is 17.8. The van der Waals surface area contributed by atoms with Gasteiger partial charge in [0, 0.05) is 31.5 Å². The van der Waals surface area contributed by atoms with E-state index in [1.807, 2.05) is 59.0 Å². The van der Waals surface area contributed by atoms with Gasteiger partial charge in [-0.25, -0.2) is 5.48 Å². The van der Waals surface area contributed by atoms with Crippen LogP contribution in [0.4, 0.5) is 10.5 Å². The second-order valence-corrected chi connectivity index (χ2v) is 9.09. The van der Waals surface area contributed by atoms with Crippen LogP contribution in [0.3, 0.4) is 0 Å². The van der Waals surface area contributed by atoms with Crippen molar-refractivity contribution in [2.24, 2.45) is 5.92 Å². The lowest BCUT2D eigenvalue weighted by Crippen LogP contribution is -2.35. The molecule has 1 aromatic rings. The van der Waals surface area contributed by atoms with Crippen LogP contribution in [0.1, 0.15) is 46.6 Å². The number of hydrogen-bond acceptors (Lipinski definition) is 6. The monoisotopic (exact) mass is 399 g/mol. The highest BCUT2D eigenvalue weighted by Gasteiger charge is 2.18. The van der Waals surface area contributed by atoms with E-state index in [2.05, 4.69) is 17.7 Å². The van der Waals surface area contributed by atoms with Crippen molar-refractivity contribution in [3.05, 3.63) is 29.8 Å². The Kier molecular flexibility index (Phi) is 13.2. The number of hydroxylamine groups is 2. The van der Waals surface area contributed by atoms with Crippen LogP contribution in [-0.4, -0.2) is 46.9 Å². The lowest BCUT2D eigenvalue weighted by molar-refractivity contribution is -0.118. The average Bonchev–Trinajstić information content (AvgIpc) is 2.57. The normalized spacial score (nSPS) is 12.2. The summed E-state index contributed by atoms with van der Waals surface area (Å²) in [5.41, 5.74) is 5.05. The molecule has 1 aromatic carbocycles. The van der Waals surface area contributed by atoms with Crippen molar-refractivity contribution < 1.29 is 14.8 Å². The summed E-state index contributed by atoms with van der Waals surface area (Å²) in [5.74, 6) is 0.332. The molecule has 1 atom stereocenters. The molecule has 1 amide bonds. The number of anilines is 1. The van der Waals surface area contributed by atoms with Crippen LogP contribution in [0.5, 0.6) is 0 Å². The minimum Gasteiger partial charge on any atom is -0.397 e. The van der Waals surface area contributed by atoms with Gasteiger partial charge in [0.2, 0.25) is 0 Å². The van der Waals surface area contributed by atoms with Gasteiger partial charge >= 0.3 is 0 Å². The molecule has 0 aromatic heterocycles. The fraction of sp³-hybridized carbons (Fsp3) is 0.650. The molecule has 6 nitrogen and oxygen atoms in total. The van der Waals surface area contributed by atoms with Gasteiger partial charge in [-0.3, -0.25) is 4.79 Å². The zero-order valence-corrected chi connectivity index (χ0v) is 18.7. The highest BCUT2D eigenvalue weighted by atomic mass is 32.2. The first-order valence-electron chi connectivity index (χ1n) is 9.40. The van der Waals surface area contributed by atoms with Crippen LogP contribution in [-0.2, 0) is 4.94 Å². The van der Waals surface area contributed by atoms with Gasteiger partial charge in [-0.15, -0.1) is 0 Å². The van der Waals surface area contributed by atoms with Gasteiger partial charge in [0.25, 0.3) is 5.24 Å². The van der Waals surface area contributed by atoms with Crippen molar-refractivity contribution in [3.63, 3.8) is 0 Å². The molecule has 156 valence electrons. The number of rotatable bonds is 8. The summed E-state index contributed by atoms with van der Waals surface area (Å²) in [4.78, 5) is 17.5. The van der Waals surface area contributed by atoms with E-state index < -0.39 is 0 Å². The molecule has 0 aliphatic rings. The highest BCUT2D eigenvalue weighted by molar-refractivity contribution is 8.14. The molecular formula is C20H37N3O3S. The molecule has 1 rings (SSSR count). The lowest BCUT2D eigenvalue weighted by atomic mass is 10.1. The Labute approximate surface area is 169 Å². The standard InChI is InChI=1S/C18H31N3O2S.C2H6O/c1-7-15(12-19-17(22)24-18(3,4)5)13-21(6)23-20-16-11-9-8-10-14(16)2;1-2-3/h8-11,15,20H,7,12-13H2,1-6H3,(H,19,22);3H,2H2,1H3. The topological polar surface area (TPSA) is 73.8 Å². The number of aryl methyl sites for hydroxylation is 1. The van der Waals surface area contributed by atoms with E-state index in [4.69, 9.17) is 10.0 Å². The molecule has 27 heavy (non-hydrogen) atoms. The van der Waals surface area contributed by atoms with Crippen molar-refractivity contribution in [3.8, 4) is 0 Å². The first-order chi connectivity index (χ1) is 12.6. The van der Waals surface area contributed by atoms with Crippen LogP contribution in [0.25, 0.3) is 0 Å². The van der Waals surface area contributed by atoms with Gasteiger partial charge in [-0.05, 0) is 31.4 Å². The number of benzene rings is 1. The number of nitrogens with zero attached hydrogens (tertiary/aromatic N) is 1. The predicted molar refractivity (Wildman–Crippen MR) is 116 cm³/mol. The number of hydrogen-bond donors (Lipinski definition) is 3. The Morgan fingerprint density at radius 1 is 1.30 bits per heavy atom. The molecule has 3 N–H and O–H groups in total. The third kappa shape index (κ3) is 13.5. The van der Waals surface area contributed by atoms with E-state index in [1.165, 1.54) is 11.8 Å². The molecule has 7 heteroatoms. The summed E-state index contributed by atoms with van der Waals surface area (Å²) in [7, 11) is 1.89. The summed E-state index contributed by atoms with van der Waals surface area (Å²) in [6.07, 6.45) is 0.971. The van der Waals surface area contributed by atoms with Gasteiger partial charge in [0.1, 0.15) is 0 Å². The molecule has 0 fully saturated rings. The van der Waals surface area contributed by atoms with Gasteiger partial charge < -0.3 is 10.4 Å². The molecule has 0 saturated heterocycles. The Bertz CT molecular complexity index is 535. The van der Waals surface area contributed by atoms with E-state index in [9.17, 15) is 4.79 Å². The second kappa shape index (κ2) is 13.8. The molecule has 0 bridgehead atoms. The molecular weight excluding hydrogens is 362 g/mol. The third-order valence-electron chi connectivity index (χ3n) is 3.48. The van der Waals surface area contributed by atoms with E-state index in [1.54, 1.807) is 12.0 Å². The summed E-state index contributed by atoms with van der Waals surface area (Å²) in [6, 6.07) is 7.97. The molecule has 0 aliphatic heterocycles. The molecule has 1 unspecified atom stereocenters. The lowest BCUT2D eigenvalue weighted by Gasteiger charge is -2.24. The summed E-state index contributed by atoms with van der Waals surface area (Å²) in [5, 5.41) is 12.4. The number of nitrogens with one attached hydrogen (secondary N) is 2. The minimum atomic E-state index is -0.0663. The van der Waals surface area contributed by atoms with Gasteiger partial charge in [-0.2, -0.15) is 10.0 Å². The summed E-state index contributed by atoms with van der Waals surface area (Å²) >= 11 is 1.33. The number of carbonyl (C=O) groups is 1. The molecule has 0 radical (unpaired) electrons. The van der Waals surface area contributed by atoms with Crippen molar-refractivity contribution >= 4 is 22.7 Å². The highest BCUT2D eigenvalue weighted by Crippen LogP contribution is 2.23. The Hall–Kier alpha value is -1.28. The fourth-order valence-corrected chi connectivity index (χ4v) is 2.81. The zero-order chi connectivity index (χ0) is 20.9. The van der Waals surface area contributed by atoms with Crippen LogP contribution < -0.4 is 10.8 Å². The Morgan fingerprint density at radius 2 is 1.89 bits per heavy atom. The van der Waals surface area contributed by atoms with Gasteiger partial charge in [0.05, 0.1) is 5.69 Å².